The first-order valence-corrected chi connectivity index (χ1v) is 10.5. The predicted octanol–water partition coefficient (Wildman–Crippen LogP) is 2.47. The van der Waals surface area contributed by atoms with Gasteiger partial charge in [0.15, 0.2) is 0 Å². The van der Waals surface area contributed by atoms with E-state index in [2.05, 4.69) is 0 Å². The molecule has 0 aliphatic carbocycles. The standard InChI is InChI=1S/C20H18N2O7S/c1-2-29-19(23)12-9-16-13-14-5-3-4-6-18(14)20(24)21(16)30(27,28)17-10-7-15(8-11-17)22(25)26/h3-12,16H,2,13H2,1H3/b12-9+/t16-/m1/s1. The van der Waals surface area contributed by atoms with E-state index in [9.17, 15) is 28.1 Å². The van der Waals surface area contributed by atoms with Crippen molar-refractivity contribution in [1.82, 2.24) is 4.31 Å². The molecule has 1 atom stereocenters. The maximum Gasteiger partial charge on any atom is 0.330 e. The maximum atomic E-state index is 13.3. The molecule has 1 aliphatic heterocycles. The Morgan fingerprint density at radius 3 is 2.53 bits per heavy atom. The molecule has 0 fully saturated rings. The van der Waals surface area contributed by atoms with Crippen LogP contribution >= 0.6 is 0 Å². The number of esters is 1. The van der Waals surface area contributed by atoms with E-state index in [1.165, 1.54) is 12.1 Å². The van der Waals surface area contributed by atoms with Crippen molar-refractivity contribution in [3.8, 4) is 0 Å². The second kappa shape index (κ2) is 8.46. The lowest BCUT2D eigenvalue weighted by Crippen LogP contribution is -2.48. The van der Waals surface area contributed by atoms with Gasteiger partial charge in [-0.15, -0.1) is 0 Å². The quantitative estimate of drug-likeness (QED) is 0.298. The summed E-state index contributed by atoms with van der Waals surface area (Å²) >= 11 is 0. The van der Waals surface area contributed by atoms with Gasteiger partial charge in [0.2, 0.25) is 0 Å². The van der Waals surface area contributed by atoms with Gasteiger partial charge in [-0.05, 0) is 37.1 Å². The Morgan fingerprint density at radius 2 is 1.90 bits per heavy atom. The highest BCUT2D eigenvalue weighted by atomic mass is 32.2. The van der Waals surface area contributed by atoms with Crippen molar-refractivity contribution >= 4 is 27.6 Å². The smallest absolute Gasteiger partial charge is 0.330 e. The molecule has 0 N–H and O–H groups in total. The fourth-order valence-electron chi connectivity index (χ4n) is 3.15. The van der Waals surface area contributed by atoms with Gasteiger partial charge in [-0.1, -0.05) is 24.3 Å². The molecule has 0 radical (unpaired) electrons. The van der Waals surface area contributed by atoms with E-state index >= 15 is 0 Å². The highest BCUT2D eigenvalue weighted by Crippen LogP contribution is 2.30. The number of benzene rings is 2. The van der Waals surface area contributed by atoms with Gasteiger partial charge in [0, 0.05) is 23.8 Å². The van der Waals surface area contributed by atoms with Crippen molar-refractivity contribution in [2.24, 2.45) is 0 Å². The maximum absolute atomic E-state index is 13.3. The first-order valence-electron chi connectivity index (χ1n) is 9.01. The molecule has 3 rings (SSSR count). The van der Waals surface area contributed by atoms with Crippen LogP contribution in [0.1, 0.15) is 22.8 Å². The van der Waals surface area contributed by atoms with E-state index in [4.69, 9.17) is 4.74 Å². The van der Waals surface area contributed by atoms with Gasteiger partial charge in [-0.3, -0.25) is 14.9 Å². The molecular formula is C20H18N2O7S. The number of non-ortho nitro benzene ring substituents is 1. The summed E-state index contributed by atoms with van der Waals surface area (Å²) in [7, 11) is -4.35. The predicted molar refractivity (Wildman–Crippen MR) is 106 cm³/mol. The Balaban J connectivity index is 2.05. The van der Waals surface area contributed by atoms with E-state index in [-0.39, 0.29) is 29.2 Å². The van der Waals surface area contributed by atoms with Gasteiger partial charge in [0.25, 0.3) is 21.6 Å². The molecule has 1 heterocycles. The summed E-state index contributed by atoms with van der Waals surface area (Å²) in [6, 6.07) is 9.91. The Kier molecular flexibility index (Phi) is 5.97. The molecule has 0 aromatic heterocycles. The number of nitro groups is 1. The third kappa shape index (κ3) is 4.08. The van der Waals surface area contributed by atoms with Gasteiger partial charge >= 0.3 is 5.97 Å². The molecule has 0 bridgehead atoms. The number of carbonyl (C=O) groups is 2. The molecule has 156 valence electrons. The fourth-order valence-corrected chi connectivity index (χ4v) is 4.68. The van der Waals surface area contributed by atoms with E-state index in [1.54, 1.807) is 25.1 Å². The highest BCUT2D eigenvalue weighted by Gasteiger charge is 2.40. The first kappa shape index (κ1) is 21.2. The van der Waals surface area contributed by atoms with Crippen LogP contribution in [0.3, 0.4) is 0 Å². The third-order valence-corrected chi connectivity index (χ3v) is 6.35. The number of rotatable bonds is 6. The van der Waals surface area contributed by atoms with Crippen LogP contribution in [0.15, 0.2) is 65.6 Å². The zero-order chi connectivity index (χ0) is 21.9. The molecule has 9 nitrogen and oxygen atoms in total. The monoisotopic (exact) mass is 430 g/mol. The van der Waals surface area contributed by atoms with Gasteiger partial charge in [-0.25, -0.2) is 17.5 Å². The molecule has 0 spiro atoms. The molecule has 10 heteroatoms. The summed E-state index contributed by atoms with van der Waals surface area (Å²) < 4.78 is 32.0. The molecule has 1 amide bonds. The molecule has 1 aliphatic rings. The lowest BCUT2D eigenvalue weighted by atomic mass is 9.95. The van der Waals surface area contributed by atoms with Crippen LogP contribution in [0.4, 0.5) is 5.69 Å². The zero-order valence-corrected chi connectivity index (χ0v) is 16.7. The number of fused-ring (bicyclic) bond motifs is 1. The number of nitrogens with zero attached hydrogens (tertiary/aromatic N) is 2. The second-order valence-corrected chi connectivity index (χ2v) is 8.21. The van der Waals surface area contributed by atoms with Gasteiger partial charge in [-0.2, -0.15) is 0 Å². The van der Waals surface area contributed by atoms with Crippen molar-refractivity contribution in [3.63, 3.8) is 0 Å². The Bertz CT molecular complexity index is 1120. The fraction of sp³-hybridized carbons (Fsp3) is 0.200. The Labute approximate surface area is 172 Å². The average Bonchev–Trinajstić information content (AvgIpc) is 2.72. The molecule has 2 aromatic carbocycles. The van der Waals surface area contributed by atoms with E-state index in [1.807, 2.05) is 0 Å². The van der Waals surface area contributed by atoms with Crippen LogP contribution in [0.25, 0.3) is 0 Å². The number of ether oxygens (including phenoxy) is 1. The van der Waals surface area contributed by atoms with Gasteiger partial charge < -0.3 is 4.74 Å². The summed E-state index contributed by atoms with van der Waals surface area (Å²) in [6.07, 6.45) is 2.58. The molecule has 0 saturated heterocycles. The summed E-state index contributed by atoms with van der Waals surface area (Å²) in [5.74, 6) is -1.40. The van der Waals surface area contributed by atoms with Crippen molar-refractivity contribution in [3.05, 3.63) is 81.9 Å². The van der Waals surface area contributed by atoms with E-state index in [0.717, 1.165) is 30.3 Å². The minimum atomic E-state index is -4.35. The second-order valence-electron chi connectivity index (χ2n) is 6.40. The van der Waals surface area contributed by atoms with E-state index < -0.39 is 32.9 Å². The lowest BCUT2D eigenvalue weighted by molar-refractivity contribution is -0.384. The summed E-state index contributed by atoms with van der Waals surface area (Å²) in [6.45, 7) is 1.79. The topological polar surface area (TPSA) is 124 Å². The summed E-state index contributed by atoms with van der Waals surface area (Å²) in [5, 5.41) is 10.8. The van der Waals surface area contributed by atoms with Crippen molar-refractivity contribution in [1.29, 1.82) is 0 Å². The lowest BCUT2D eigenvalue weighted by Gasteiger charge is -2.34. The zero-order valence-electron chi connectivity index (χ0n) is 15.9. The number of nitro benzene ring substituents is 1. The van der Waals surface area contributed by atoms with Crippen LogP contribution in [0, 0.1) is 10.1 Å². The molecule has 0 unspecified atom stereocenters. The van der Waals surface area contributed by atoms with Crippen LogP contribution in [-0.4, -0.2) is 42.2 Å². The highest BCUT2D eigenvalue weighted by molar-refractivity contribution is 7.89. The number of amides is 1. The number of hydrogen-bond donors (Lipinski definition) is 0. The SMILES string of the molecule is CCOC(=O)/C=C/[C@@H]1Cc2ccccc2C(=O)N1S(=O)(=O)c1ccc([N+](=O)[O-])cc1. The molecule has 2 aromatic rings. The summed E-state index contributed by atoms with van der Waals surface area (Å²) in [4.78, 5) is 34.7. The van der Waals surface area contributed by atoms with Crippen molar-refractivity contribution < 1.29 is 27.7 Å². The van der Waals surface area contributed by atoms with Crippen LogP contribution < -0.4 is 0 Å². The van der Waals surface area contributed by atoms with Crippen LogP contribution in [-0.2, 0) is 26.0 Å². The largest absolute Gasteiger partial charge is 0.463 e. The minimum Gasteiger partial charge on any atom is -0.463 e. The van der Waals surface area contributed by atoms with E-state index in [0.29, 0.717) is 9.87 Å². The summed E-state index contributed by atoms with van der Waals surface area (Å²) in [5.41, 5.74) is 0.614. The number of hydrogen-bond acceptors (Lipinski definition) is 7. The number of carbonyl (C=O) groups excluding carboxylic acids is 2. The molecule has 0 saturated carbocycles. The third-order valence-electron chi connectivity index (χ3n) is 4.52. The number of sulfonamides is 1. The van der Waals surface area contributed by atoms with Crippen LogP contribution in [0.5, 0.6) is 0 Å². The van der Waals surface area contributed by atoms with Crippen molar-refractivity contribution in [2.45, 2.75) is 24.3 Å². The van der Waals surface area contributed by atoms with Crippen molar-refractivity contribution in [2.75, 3.05) is 6.61 Å². The van der Waals surface area contributed by atoms with Gasteiger partial charge in [0.05, 0.1) is 22.5 Å². The Morgan fingerprint density at radius 1 is 1.23 bits per heavy atom. The van der Waals surface area contributed by atoms with Gasteiger partial charge in [0.1, 0.15) is 0 Å². The first-order chi connectivity index (χ1) is 14.3. The normalized spacial score (nSPS) is 16.4. The average molecular weight is 430 g/mol. The Hall–Kier alpha value is -3.53. The molecule has 30 heavy (non-hydrogen) atoms. The van der Waals surface area contributed by atoms with Crippen LogP contribution in [0.2, 0.25) is 0 Å². The minimum absolute atomic E-state index is 0.153. The molecular weight excluding hydrogens is 412 g/mol.